The number of aromatic nitrogens is 2. The van der Waals surface area contributed by atoms with Gasteiger partial charge in [0.25, 0.3) is 5.56 Å². The lowest BCUT2D eigenvalue weighted by Crippen LogP contribution is -2.36. The number of hydrogen-bond acceptors (Lipinski definition) is 4. The average Bonchev–Trinajstić information content (AvgIpc) is 2.46. The molecule has 2 heterocycles. The number of aryl methyl sites for hydroxylation is 1. The van der Waals surface area contributed by atoms with Gasteiger partial charge in [0.05, 0.1) is 11.9 Å². The van der Waals surface area contributed by atoms with E-state index in [9.17, 15) is 4.79 Å². The Morgan fingerprint density at radius 2 is 2.15 bits per heavy atom. The van der Waals surface area contributed by atoms with Crippen LogP contribution in [-0.2, 0) is 6.54 Å². The third kappa shape index (κ3) is 3.33. The molecule has 1 aromatic heterocycles. The van der Waals surface area contributed by atoms with Crippen molar-refractivity contribution in [2.45, 2.75) is 39.2 Å². The lowest BCUT2D eigenvalue weighted by molar-refractivity contribution is 0.386. The summed E-state index contributed by atoms with van der Waals surface area (Å²) in [5.41, 5.74) is 6.19. The maximum Gasteiger partial charge on any atom is 0.287 e. The van der Waals surface area contributed by atoms with Crippen molar-refractivity contribution >= 4 is 17.3 Å². The Morgan fingerprint density at radius 1 is 1.45 bits per heavy atom. The van der Waals surface area contributed by atoms with Crippen LogP contribution in [0, 0.1) is 5.92 Å². The van der Waals surface area contributed by atoms with Crippen molar-refractivity contribution < 1.29 is 0 Å². The standard InChI is InChI=1S/C14H23ClN4O/c1-2-7-19-14(20)13(15)12(10-17-19)18-8-4-11(3-6-16)5-9-18/h10-11H,2-9,16H2,1H3. The highest BCUT2D eigenvalue weighted by atomic mass is 35.5. The minimum atomic E-state index is -0.185. The number of rotatable bonds is 5. The Labute approximate surface area is 124 Å². The predicted molar refractivity (Wildman–Crippen MR) is 82.4 cm³/mol. The first-order valence-corrected chi connectivity index (χ1v) is 7.75. The van der Waals surface area contributed by atoms with E-state index in [1.54, 1.807) is 6.20 Å². The third-order valence-corrected chi connectivity index (χ3v) is 4.29. The average molecular weight is 299 g/mol. The second kappa shape index (κ2) is 7.09. The molecule has 112 valence electrons. The van der Waals surface area contributed by atoms with Crippen molar-refractivity contribution in [1.29, 1.82) is 0 Å². The number of hydrogen-bond donors (Lipinski definition) is 1. The Hall–Kier alpha value is -1.07. The molecule has 1 fully saturated rings. The second-order valence-corrected chi connectivity index (χ2v) is 5.76. The molecule has 5 nitrogen and oxygen atoms in total. The van der Waals surface area contributed by atoms with Gasteiger partial charge in [-0.3, -0.25) is 4.79 Å². The molecule has 20 heavy (non-hydrogen) atoms. The monoisotopic (exact) mass is 298 g/mol. The van der Waals surface area contributed by atoms with Gasteiger partial charge in [-0.1, -0.05) is 18.5 Å². The van der Waals surface area contributed by atoms with Gasteiger partial charge in [-0.25, -0.2) is 4.68 Å². The molecule has 2 N–H and O–H groups in total. The first kappa shape index (κ1) is 15.3. The minimum absolute atomic E-state index is 0.185. The molecule has 1 aliphatic rings. The SMILES string of the molecule is CCCn1ncc(N2CCC(CCN)CC2)c(Cl)c1=O. The van der Waals surface area contributed by atoms with E-state index in [1.165, 1.54) is 4.68 Å². The summed E-state index contributed by atoms with van der Waals surface area (Å²) in [7, 11) is 0. The number of halogens is 1. The molecule has 6 heteroatoms. The molecular formula is C14H23ClN4O. The maximum atomic E-state index is 12.1. The van der Waals surface area contributed by atoms with Gasteiger partial charge in [0.2, 0.25) is 0 Å². The zero-order chi connectivity index (χ0) is 14.5. The van der Waals surface area contributed by atoms with E-state index >= 15 is 0 Å². The van der Waals surface area contributed by atoms with E-state index < -0.39 is 0 Å². The molecular weight excluding hydrogens is 276 g/mol. The van der Waals surface area contributed by atoms with Crippen LogP contribution in [0.15, 0.2) is 11.0 Å². The Bertz CT molecular complexity index is 494. The maximum absolute atomic E-state index is 12.1. The van der Waals surface area contributed by atoms with E-state index in [4.69, 9.17) is 17.3 Å². The lowest BCUT2D eigenvalue weighted by Gasteiger charge is -2.33. The van der Waals surface area contributed by atoms with Gasteiger partial charge in [-0.15, -0.1) is 0 Å². The molecule has 0 bridgehead atoms. The fourth-order valence-corrected chi connectivity index (χ4v) is 3.01. The summed E-state index contributed by atoms with van der Waals surface area (Å²) in [6.07, 6.45) is 5.88. The zero-order valence-electron chi connectivity index (χ0n) is 12.0. The van der Waals surface area contributed by atoms with Crippen LogP contribution in [0.1, 0.15) is 32.6 Å². The Balaban J connectivity index is 2.11. The topological polar surface area (TPSA) is 64.2 Å². The van der Waals surface area contributed by atoms with Gasteiger partial charge >= 0.3 is 0 Å². The Morgan fingerprint density at radius 3 is 2.75 bits per heavy atom. The molecule has 0 aromatic carbocycles. The molecule has 0 amide bonds. The fourth-order valence-electron chi connectivity index (χ4n) is 2.75. The first-order valence-electron chi connectivity index (χ1n) is 7.38. The summed E-state index contributed by atoms with van der Waals surface area (Å²) < 4.78 is 1.44. The summed E-state index contributed by atoms with van der Waals surface area (Å²) in [5, 5.41) is 4.51. The fraction of sp³-hybridized carbons (Fsp3) is 0.714. The highest BCUT2D eigenvalue weighted by molar-refractivity contribution is 6.33. The summed E-state index contributed by atoms with van der Waals surface area (Å²) >= 11 is 6.23. The van der Waals surface area contributed by atoms with E-state index in [0.717, 1.165) is 51.0 Å². The van der Waals surface area contributed by atoms with Crippen molar-refractivity contribution in [3.8, 4) is 0 Å². The van der Waals surface area contributed by atoms with Crippen LogP contribution in [0.3, 0.4) is 0 Å². The molecule has 1 saturated heterocycles. The first-order chi connectivity index (χ1) is 9.67. The Kier molecular flexibility index (Phi) is 5.43. The van der Waals surface area contributed by atoms with E-state index in [0.29, 0.717) is 17.5 Å². The van der Waals surface area contributed by atoms with E-state index in [1.807, 2.05) is 6.92 Å². The summed E-state index contributed by atoms with van der Waals surface area (Å²) in [4.78, 5) is 14.3. The van der Waals surface area contributed by atoms with Crippen LogP contribution in [0.4, 0.5) is 5.69 Å². The highest BCUT2D eigenvalue weighted by Crippen LogP contribution is 2.27. The third-order valence-electron chi connectivity index (χ3n) is 3.93. The molecule has 2 rings (SSSR count). The normalized spacial score (nSPS) is 16.6. The van der Waals surface area contributed by atoms with Crippen LogP contribution >= 0.6 is 11.6 Å². The summed E-state index contributed by atoms with van der Waals surface area (Å²) in [5.74, 6) is 0.698. The summed E-state index contributed by atoms with van der Waals surface area (Å²) in [6.45, 7) is 5.21. The van der Waals surface area contributed by atoms with Crippen molar-refractivity contribution in [2.75, 3.05) is 24.5 Å². The number of nitrogens with zero attached hydrogens (tertiary/aromatic N) is 3. The molecule has 1 aromatic rings. The largest absolute Gasteiger partial charge is 0.369 e. The molecule has 0 radical (unpaired) electrons. The van der Waals surface area contributed by atoms with Gasteiger partial charge < -0.3 is 10.6 Å². The number of piperidine rings is 1. The van der Waals surface area contributed by atoms with E-state index in [2.05, 4.69) is 10.00 Å². The molecule has 0 atom stereocenters. The van der Waals surface area contributed by atoms with Crippen LogP contribution < -0.4 is 16.2 Å². The lowest BCUT2D eigenvalue weighted by atomic mass is 9.93. The molecule has 0 saturated carbocycles. The number of anilines is 1. The van der Waals surface area contributed by atoms with Crippen molar-refractivity contribution in [3.63, 3.8) is 0 Å². The van der Waals surface area contributed by atoms with Gasteiger partial charge in [0, 0.05) is 19.6 Å². The summed E-state index contributed by atoms with van der Waals surface area (Å²) in [6, 6.07) is 0. The zero-order valence-corrected chi connectivity index (χ0v) is 12.8. The minimum Gasteiger partial charge on any atom is -0.369 e. The predicted octanol–water partition coefficient (Wildman–Crippen LogP) is 1.87. The van der Waals surface area contributed by atoms with Gasteiger partial charge in [-0.05, 0) is 38.1 Å². The molecule has 1 aliphatic heterocycles. The van der Waals surface area contributed by atoms with Gasteiger partial charge in [-0.2, -0.15) is 5.10 Å². The molecule has 0 unspecified atom stereocenters. The smallest absolute Gasteiger partial charge is 0.287 e. The van der Waals surface area contributed by atoms with Crippen LogP contribution in [0.25, 0.3) is 0 Å². The highest BCUT2D eigenvalue weighted by Gasteiger charge is 2.22. The van der Waals surface area contributed by atoms with Crippen molar-refractivity contribution in [3.05, 3.63) is 21.6 Å². The van der Waals surface area contributed by atoms with Crippen LogP contribution in [-0.4, -0.2) is 29.4 Å². The van der Waals surface area contributed by atoms with Crippen molar-refractivity contribution in [2.24, 2.45) is 11.7 Å². The van der Waals surface area contributed by atoms with Gasteiger partial charge in [0.1, 0.15) is 5.02 Å². The quantitative estimate of drug-likeness (QED) is 0.901. The molecule has 0 spiro atoms. The second-order valence-electron chi connectivity index (χ2n) is 5.38. The van der Waals surface area contributed by atoms with Crippen LogP contribution in [0.5, 0.6) is 0 Å². The van der Waals surface area contributed by atoms with Crippen LogP contribution in [0.2, 0.25) is 5.02 Å². The van der Waals surface area contributed by atoms with Gasteiger partial charge in [0.15, 0.2) is 0 Å². The molecule has 0 aliphatic carbocycles. The van der Waals surface area contributed by atoms with Crippen molar-refractivity contribution in [1.82, 2.24) is 9.78 Å². The number of nitrogens with two attached hydrogens (primary N) is 1. The van der Waals surface area contributed by atoms with E-state index in [-0.39, 0.29) is 5.56 Å².